The van der Waals surface area contributed by atoms with Gasteiger partial charge in [0.15, 0.2) is 5.60 Å². The molecule has 3 nitrogen and oxygen atoms in total. The van der Waals surface area contributed by atoms with Crippen molar-refractivity contribution >= 4 is 55.1 Å². The minimum absolute atomic E-state index is 0.188. The predicted octanol–water partition coefficient (Wildman–Crippen LogP) is 2.98. The summed E-state index contributed by atoms with van der Waals surface area (Å²) in [7, 11) is 0. The first-order valence-electron chi connectivity index (χ1n) is 4.58. The van der Waals surface area contributed by atoms with Crippen LogP contribution in [0, 0.1) is 0 Å². The van der Waals surface area contributed by atoms with E-state index in [0.29, 0.717) is 15.7 Å². The molecule has 1 atom stereocenters. The first-order valence-corrected chi connectivity index (χ1v) is 6.70. The van der Waals surface area contributed by atoms with E-state index in [-0.39, 0.29) is 12.3 Å². The maximum absolute atomic E-state index is 11.8. The Morgan fingerprint density at radius 2 is 2.12 bits per heavy atom. The number of alkyl halides is 1. The Hall–Kier alpha value is -0.100. The molecule has 0 bridgehead atoms. The van der Waals surface area contributed by atoms with Gasteiger partial charge >= 0.3 is 0 Å². The highest BCUT2D eigenvalue weighted by Crippen LogP contribution is 2.44. The summed E-state index contributed by atoms with van der Waals surface area (Å²) in [5, 5.41) is 13.0. The van der Waals surface area contributed by atoms with Gasteiger partial charge in [-0.3, -0.25) is 4.79 Å². The summed E-state index contributed by atoms with van der Waals surface area (Å²) >= 11 is 12.3. The maximum atomic E-state index is 11.8. The largest absolute Gasteiger partial charge is 0.375 e. The quantitative estimate of drug-likeness (QED) is 0.788. The van der Waals surface area contributed by atoms with E-state index < -0.39 is 11.5 Å². The van der Waals surface area contributed by atoms with Crippen LogP contribution in [0.1, 0.15) is 12.0 Å². The molecule has 0 saturated carbocycles. The lowest BCUT2D eigenvalue weighted by Gasteiger charge is -2.20. The van der Waals surface area contributed by atoms with Crippen LogP contribution in [0.25, 0.3) is 0 Å². The van der Waals surface area contributed by atoms with Gasteiger partial charge in [-0.2, -0.15) is 0 Å². The highest BCUT2D eigenvalue weighted by atomic mass is 79.9. The molecule has 1 aromatic rings. The molecule has 0 fully saturated rings. The summed E-state index contributed by atoms with van der Waals surface area (Å²) in [6.45, 7) is 0. The van der Waals surface area contributed by atoms with E-state index in [1.165, 1.54) is 0 Å². The van der Waals surface area contributed by atoms with Gasteiger partial charge < -0.3 is 10.4 Å². The van der Waals surface area contributed by atoms with E-state index in [1.54, 1.807) is 12.1 Å². The van der Waals surface area contributed by atoms with Crippen molar-refractivity contribution in [1.82, 2.24) is 0 Å². The molecule has 1 aliphatic rings. The monoisotopic (exact) mass is 367 g/mol. The summed E-state index contributed by atoms with van der Waals surface area (Å²) in [5.41, 5.74) is -0.364. The number of benzene rings is 1. The van der Waals surface area contributed by atoms with Gasteiger partial charge in [0.25, 0.3) is 5.91 Å². The van der Waals surface area contributed by atoms with Crippen molar-refractivity contribution in [3.8, 4) is 0 Å². The summed E-state index contributed by atoms with van der Waals surface area (Å²) in [6.07, 6.45) is 0.188. The molecule has 0 spiro atoms. The van der Waals surface area contributed by atoms with E-state index in [0.717, 1.165) is 4.47 Å². The van der Waals surface area contributed by atoms with Gasteiger partial charge in [-0.15, -0.1) is 11.6 Å². The molecule has 2 N–H and O–H groups in total. The molecule has 86 valence electrons. The third-order valence-electron chi connectivity index (χ3n) is 2.55. The number of anilines is 1. The molecule has 1 aliphatic heterocycles. The Balaban J connectivity index is 2.60. The normalized spacial score (nSPS) is 23.1. The zero-order chi connectivity index (χ0) is 11.9. The fourth-order valence-electron chi connectivity index (χ4n) is 1.81. The molecule has 0 radical (unpaired) electrons. The van der Waals surface area contributed by atoms with Gasteiger partial charge in [-0.25, -0.2) is 0 Å². The molecule has 0 aliphatic carbocycles. The van der Waals surface area contributed by atoms with Crippen molar-refractivity contribution in [3.63, 3.8) is 0 Å². The summed E-state index contributed by atoms with van der Waals surface area (Å²) in [4.78, 5) is 11.8. The molecule has 0 aromatic heterocycles. The molecule has 16 heavy (non-hydrogen) atoms. The molecule has 2 rings (SSSR count). The topological polar surface area (TPSA) is 49.3 Å². The Labute approximate surface area is 114 Å². The number of nitrogens with one attached hydrogen (secondary N) is 1. The number of hydrogen-bond acceptors (Lipinski definition) is 2. The van der Waals surface area contributed by atoms with E-state index >= 15 is 0 Å². The summed E-state index contributed by atoms with van der Waals surface area (Å²) in [5.74, 6) is -0.215. The number of amides is 1. The average molecular weight is 369 g/mol. The molecule has 0 saturated heterocycles. The molecular formula is C10H8Br2ClNO2. The van der Waals surface area contributed by atoms with Crippen LogP contribution in [0.15, 0.2) is 21.1 Å². The minimum atomic E-state index is -1.53. The second-order valence-corrected chi connectivity index (χ2v) is 5.71. The lowest BCUT2D eigenvalue weighted by Crippen LogP contribution is -2.34. The Kier molecular flexibility index (Phi) is 3.32. The Morgan fingerprint density at radius 1 is 1.44 bits per heavy atom. The lowest BCUT2D eigenvalue weighted by molar-refractivity contribution is -0.133. The van der Waals surface area contributed by atoms with Crippen LogP contribution in [0.3, 0.4) is 0 Å². The van der Waals surface area contributed by atoms with Crippen molar-refractivity contribution in [2.45, 2.75) is 12.0 Å². The van der Waals surface area contributed by atoms with Crippen LogP contribution in [0.4, 0.5) is 5.69 Å². The van der Waals surface area contributed by atoms with E-state index in [4.69, 9.17) is 11.6 Å². The van der Waals surface area contributed by atoms with Crippen molar-refractivity contribution in [3.05, 3.63) is 26.6 Å². The minimum Gasteiger partial charge on any atom is -0.375 e. The number of carbonyl (C=O) groups excluding carboxylic acids is 1. The third-order valence-corrected chi connectivity index (χ3v) is 3.82. The highest BCUT2D eigenvalue weighted by Gasteiger charge is 2.46. The number of fused-ring (bicyclic) bond motifs is 1. The van der Waals surface area contributed by atoms with Crippen LogP contribution in [-0.4, -0.2) is 16.9 Å². The van der Waals surface area contributed by atoms with Gasteiger partial charge in [0.2, 0.25) is 0 Å². The van der Waals surface area contributed by atoms with E-state index in [9.17, 15) is 9.90 Å². The predicted molar refractivity (Wildman–Crippen MR) is 69.7 cm³/mol. The number of aliphatic hydroxyl groups is 1. The third kappa shape index (κ3) is 1.79. The summed E-state index contributed by atoms with van der Waals surface area (Å²) < 4.78 is 1.51. The maximum Gasteiger partial charge on any atom is 0.261 e. The van der Waals surface area contributed by atoms with Gasteiger partial charge in [-0.1, -0.05) is 31.9 Å². The second-order valence-electron chi connectivity index (χ2n) is 3.56. The molecule has 1 amide bonds. The van der Waals surface area contributed by atoms with Crippen LogP contribution < -0.4 is 5.32 Å². The number of rotatable bonds is 2. The highest BCUT2D eigenvalue weighted by molar-refractivity contribution is 9.11. The average Bonchev–Trinajstić information content (AvgIpc) is 2.38. The fraction of sp³-hybridized carbons (Fsp3) is 0.300. The standard InChI is InChI=1S/C10H8Br2ClNO2/c11-5-3-6(12)8-7(4-5)14-9(15)10(8,16)1-2-13/h3-4,16H,1-2H2,(H,14,15)/t10-/m0/s1. The van der Waals surface area contributed by atoms with Crippen LogP contribution in [-0.2, 0) is 10.4 Å². The van der Waals surface area contributed by atoms with Crippen LogP contribution in [0.5, 0.6) is 0 Å². The van der Waals surface area contributed by atoms with E-state index in [2.05, 4.69) is 37.2 Å². The first-order chi connectivity index (χ1) is 7.49. The Morgan fingerprint density at radius 3 is 2.75 bits per heavy atom. The number of halogens is 3. The summed E-state index contributed by atoms with van der Waals surface area (Å²) in [6, 6.07) is 3.54. The van der Waals surface area contributed by atoms with Crippen molar-refractivity contribution in [2.24, 2.45) is 0 Å². The van der Waals surface area contributed by atoms with Gasteiger partial charge in [-0.05, 0) is 12.1 Å². The van der Waals surface area contributed by atoms with Gasteiger partial charge in [0.1, 0.15) is 0 Å². The molecular weight excluding hydrogens is 361 g/mol. The van der Waals surface area contributed by atoms with Crippen molar-refractivity contribution in [2.75, 3.05) is 11.2 Å². The molecule has 6 heteroatoms. The Bertz CT molecular complexity index is 466. The second kappa shape index (κ2) is 4.29. The van der Waals surface area contributed by atoms with Crippen molar-refractivity contribution in [1.29, 1.82) is 0 Å². The lowest BCUT2D eigenvalue weighted by atomic mass is 9.93. The van der Waals surface area contributed by atoms with Gasteiger partial charge in [0.05, 0.1) is 0 Å². The SMILES string of the molecule is O=C1Nc2cc(Br)cc(Br)c2[C@@]1(O)CCCl. The molecule has 1 aromatic carbocycles. The van der Waals surface area contributed by atoms with Gasteiger partial charge in [0, 0.05) is 32.5 Å². The number of hydrogen-bond donors (Lipinski definition) is 2. The zero-order valence-corrected chi connectivity index (χ0v) is 12.0. The van der Waals surface area contributed by atoms with E-state index in [1.807, 2.05) is 0 Å². The molecule has 0 unspecified atom stereocenters. The van der Waals surface area contributed by atoms with Crippen molar-refractivity contribution < 1.29 is 9.90 Å². The number of carbonyl (C=O) groups is 1. The van der Waals surface area contributed by atoms with Crippen LogP contribution >= 0.6 is 43.5 Å². The zero-order valence-electron chi connectivity index (χ0n) is 8.06. The van der Waals surface area contributed by atoms with Crippen LogP contribution in [0.2, 0.25) is 0 Å². The molecule has 1 heterocycles. The fourth-order valence-corrected chi connectivity index (χ4v) is 3.63. The first kappa shape index (κ1) is 12.4. The smallest absolute Gasteiger partial charge is 0.261 e.